The number of hydrogen-bond donors (Lipinski definition) is 2. The van der Waals surface area contributed by atoms with Gasteiger partial charge in [-0.05, 0) is 36.6 Å². The van der Waals surface area contributed by atoms with Gasteiger partial charge in [-0.3, -0.25) is 9.59 Å². The van der Waals surface area contributed by atoms with Crippen LogP contribution in [0.4, 0.5) is 10.1 Å². The first kappa shape index (κ1) is 24.4. The van der Waals surface area contributed by atoms with Gasteiger partial charge in [0.05, 0.1) is 11.3 Å². The van der Waals surface area contributed by atoms with Gasteiger partial charge in [-0.2, -0.15) is 0 Å². The molecule has 0 spiro atoms. The smallest absolute Gasteiger partial charge is 0.254 e. The van der Waals surface area contributed by atoms with Crippen LogP contribution in [0.1, 0.15) is 48.4 Å². The van der Waals surface area contributed by atoms with Crippen LogP contribution >= 0.6 is 11.8 Å². The van der Waals surface area contributed by atoms with E-state index in [0.29, 0.717) is 36.4 Å². The van der Waals surface area contributed by atoms with Crippen molar-refractivity contribution in [1.82, 2.24) is 20.1 Å². The van der Waals surface area contributed by atoms with Gasteiger partial charge in [0.15, 0.2) is 5.16 Å². The molecule has 0 aliphatic carbocycles. The van der Waals surface area contributed by atoms with E-state index in [1.807, 2.05) is 35.8 Å². The molecule has 0 saturated heterocycles. The predicted octanol–water partition coefficient (Wildman–Crippen LogP) is 4.26. The molecule has 3 rings (SSSR count). The third-order valence-electron chi connectivity index (χ3n) is 5.05. The maximum atomic E-state index is 13.7. The molecule has 0 aliphatic rings. The molecule has 1 heterocycles. The largest absolute Gasteiger partial charge is 0.351 e. The fraction of sp³-hybridized carbons (Fsp3) is 0.333. The highest BCUT2D eigenvalue weighted by Gasteiger charge is 2.15. The standard InChI is InChI=1S/C24H28FN5O2S/c1-4-30-21(13-14-26-23(32)18-10-5-7-11-19(18)25)28-29-24(30)33-15-22(31)27-20-12-8-6-9-17(20)16(2)3/h5-12,16H,4,13-15H2,1-3H3,(H,26,32)(H,27,31). The van der Waals surface area contributed by atoms with Gasteiger partial charge in [-0.1, -0.05) is 55.9 Å². The van der Waals surface area contributed by atoms with Crippen molar-refractivity contribution in [2.75, 3.05) is 17.6 Å². The number of halogens is 1. The van der Waals surface area contributed by atoms with E-state index in [-0.39, 0.29) is 17.2 Å². The van der Waals surface area contributed by atoms with E-state index in [4.69, 9.17) is 0 Å². The summed E-state index contributed by atoms with van der Waals surface area (Å²) in [5, 5.41) is 14.7. The quantitative estimate of drug-likeness (QED) is 0.433. The number of nitrogens with one attached hydrogen (secondary N) is 2. The second-order valence-corrected chi connectivity index (χ2v) is 8.65. The van der Waals surface area contributed by atoms with Gasteiger partial charge in [0.1, 0.15) is 11.6 Å². The van der Waals surface area contributed by atoms with Crippen LogP contribution in [0.15, 0.2) is 53.7 Å². The molecule has 0 fully saturated rings. The molecule has 0 aliphatic heterocycles. The molecule has 0 bridgehead atoms. The Morgan fingerprint density at radius 1 is 1.09 bits per heavy atom. The van der Waals surface area contributed by atoms with E-state index in [1.54, 1.807) is 12.1 Å². The van der Waals surface area contributed by atoms with E-state index in [0.717, 1.165) is 11.3 Å². The molecule has 3 aromatic rings. The summed E-state index contributed by atoms with van der Waals surface area (Å²) in [4.78, 5) is 24.7. The first-order chi connectivity index (χ1) is 15.9. The fourth-order valence-corrected chi connectivity index (χ4v) is 4.21. The highest BCUT2D eigenvalue weighted by molar-refractivity contribution is 7.99. The van der Waals surface area contributed by atoms with Crippen molar-refractivity contribution in [3.63, 3.8) is 0 Å². The number of benzene rings is 2. The van der Waals surface area contributed by atoms with Gasteiger partial charge in [0.2, 0.25) is 5.91 Å². The Morgan fingerprint density at radius 3 is 2.55 bits per heavy atom. The lowest BCUT2D eigenvalue weighted by molar-refractivity contribution is -0.113. The van der Waals surface area contributed by atoms with E-state index in [1.165, 1.54) is 23.9 Å². The van der Waals surface area contributed by atoms with E-state index in [2.05, 4.69) is 34.7 Å². The Hall–Kier alpha value is -3.20. The maximum Gasteiger partial charge on any atom is 0.254 e. The number of para-hydroxylation sites is 1. The molecule has 0 unspecified atom stereocenters. The lowest BCUT2D eigenvalue weighted by atomic mass is 10.0. The van der Waals surface area contributed by atoms with Gasteiger partial charge >= 0.3 is 0 Å². The summed E-state index contributed by atoms with van der Waals surface area (Å²) < 4.78 is 15.7. The zero-order valence-corrected chi connectivity index (χ0v) is 19.8. The van der Waals surface area contributed by atoms with Crippen molar-refractivity contribution in [2.45, 2.75) is 44.8 Å². The van der Waals surface area contributed by atoms with Crippen LogP contribution < -0.4 is 10.6 Å². The van der Waals surface area contributed by atoms with Crippen LogP contribution in [0.3, 0.4) is 0 Å². The van der Waals surface area contributed by atoms with Crippen molar-refractivity contribution in [2.24, 2.45) is 0 Å². The van der Waals surface area contributed by atoms with Gasteiger partial charge < -0.3 is 15.2 Å². The number of carbonyl (C=O) groups excluding carboxylic acids is 2. The van der Waals surface area contributed by atoms with Crippen LogP contribution in [0.25, 0.3) is 0 Å². The number of rotatable bonds is 10. The average Bonchev–Trinajstić information content (AvgIpc) is 3.19. The van der Waals surface area contributed by atoms with Gasteiger partial charge in [-0.15, -0.1) is 10.2 Å². The molecule has 1 aromatic heterocycles. The molecule has 174 valence electrons. The number of nitrogens with zero attached hydrogens (tertiary/aromatic N) is 3. The van der Waals surface area contributed by atoms with Crippen LogP contribution in [-0.4, -0.2) is 38.9 Å². The number of hydrogen-bond acceptors (Lipinski definition) is 5. The Bertz CT molecular complexity index is 1120. The number of anilines is 1. The second-order valence-electron chi connectivity index (χ2n) is 7.71. The third-order valence-corrected chi connectivity index (χ3v) is 6.02. The summed E-state index contributed by atoms with van der Waals surface area (Å²) in [5.41, 5.74) is 1.92. The van der Waals surface area contributed by atoms with Crippen molar-refractivity contribution in [3.8, 4) is 0 Å². The highest BCUT2D eigenvalue weighted by atomic mass is 32.2. The summed E-state index contributed by atoms with van der Waals surface area (Å²) in [5.74, 6) is 0.0631. The maximum absolute atomic E-state index is 13.7. The lowest BCUT2D eigenvalue weighted by Gasteiger charge is -2.13. The number of aromatic nitrogens is 3. The topological polar surface area (TPSA) is 88.9 Å². The number of carbonyl (C=O) groups is 2. The lowest BCUT2D eigenvalue weighted by Crippen LogP contribution is -2.27. The average molecular weight is 470 g/mol. The molecular weight excluding hydrogens is 441 g/mol. The Balaban J connectivity index is 1.54. The zero-order valence-electron chi connectivity index (χ0n) is 19.0. The minimum atomic E-state index is -0.556. The molecule has 0 saturated carbocycles. The molecule has 0 radical (unpaired) electrons. The molecule has 2 N–H and O–H groups in total. The monoisotopic (exact) mass is 469 g/mol. The van der Waals surface area contributed by atoms with Crippen molar-refractivity contribution in [3.05, 3.63) is 71.3 Å². The van der Waals surface area contributed by atoms with E-state index in [9.17, 15) is 14.0 Å². The van der Waals surface area contributed by atoms with Gasteiger partial charge in [0, 0.05) is 25.2 Å². The van der Waals surface area contributed by atoms with Crippen molar-refractivity contribution < 1.29 is 14.0 Å². The van der Waals surface area contributed by atoms with Gasteiger partial charge in [-0.25, -0.2) is 4.39 Å². The Kier molecular flexibility index (Phi) is 8.59. The van der Waals surface area contributed by atoms with Crippen LogP contribution in [0, 0.1) is 5.82 Å². The fourth-order valence-electron chi connectivity index (χ4n) is 3.39. The van der Waals surface area contributed by atoms with Gasteiger partial charge in [0.25, 0.3) is 5.91 Å². The molecule has 2 aromatic carbocycles. The molecule has 0 atom stereocenters. The third kappa shape index (κ3) is 6.41. The minimum Gasteiger partial charge on any atom is -0.351 e. The summed E-state index contributed by atoms with van der Waals surface area (Å²) in [6.45, 7) is 7.06. The minimum absolute atomic E-state index is 0.00996. The first-order valence-corrected chi connectivity index (χ1v) is 11.9. The normalized spacial score (nSPS) is 10.9. The first-order valence-electron chi connectivity index (χ1n) is 10.9. The molecule has 33 heavy (non-hydrogen) atoms. The molecule has 2 amide bonds. The highest BCUT2D eigenvalue weighted by Crippen LogP contribution is 2.24. The summed E-state index contributed by atoms with van der Waals surface area (Å²) >= 11 is 1.31. The molecule has 7 nitrogen and oxygen atoms in total. The zero-order chi connectivity index (χ0) is 23.8. The SMILES string of the molecule is CCn1c(CCNC(=O)c2ccccc2F)nnc1SCC(=O)Nc1ccccc1C(C)C. The summed E-state index contributed by atoms with van der Waals surface area (Å²) in [6, 6.07) is 13.6. The molecular formula is C24H28FN5O2S. The van der Waals surface area contributed by atoms with E-state index < -0.39 is 11.7 Å². The van der Waals surface area contributed by atoms with E-state index >= 15 is 0 Å². The Morgan fingerprint density at radius 2 is 1.82 bits per heavy atom. The van der Waals surface area contributed by atoms with Crippen molar-refractivity contribution in [1.29, 1.82) is 0 Å². The second kappa shape index (κ2) is 11.6. The number of amides is 2. The van der Waals surface area contributed by atoms with Crippen molar-refractivity contribution >= 4 is 29.3 Å². The van der Waals surface area contributed by atoms with Crippen LogP contribution in [0.2, 0.25) is 0 Å². The molecule has 9 heteroatoms. The van der Waals surface area contributed by atoms with Crippen LogP contribution in [0.5, 0.6) is 0 Å². The summed E-state index contributed by atoms with van der Waals surface area (Å²) in [6.07, 6.45) is 0.440. The Labute approximate surface area is 197 Å². The predicted molar refractivity (Wildman–Crippen MR) is 128 cm³/mol. The summed E-state index contributed by atoms with van der Waals surface area (Å²) in [7, 11) is 0. The van der Waals surface area contributed by atoms with Crippen LogP contribution in [-0.2, 0) is 17.8 Å². The number of thioether (sulfide) groups is 1.